The van der Waals surface area contributed by atoms with Crippen LogP contribution in [0.25, 0.3) is 41.8 Å². The number of nitrogens with zero attached hydrogens (tertiary/aromatic N) is 12. The molecule has 55 heavy (non-hydrogen) atoms. The molecule has 0 radical (unpaired) electrons. The fourth-order valence-corrected chi connectivity index (χ4v) is 5.89. The van der Waals surface area contributed by atoms with Gasteiger partial charge >= 0.3 is 23.9 Å². The molecule has 0 bridgehead atoms. The average Bonchev–Trinajstić information content (AvgIpc) is 3.50. The van der Waals surface area contributed by atoms with Crippen molar-refractivity contribution in [2.45, 2.75) is 121 Å². The van der Waals surface area contributed by atoms with E-state index >= 15 is 0 Å². The van der Waals surface area contributed by atoms with Crippen molar-refractivity contribution in [1.29, 1.82) is 0 Å². The quantitative estimate of drug-likeness (QED) is 0.0587. The number of benzene rings is 1. The third-order valence-corrected chi connectivity index (χ3v) is 8.11. The first-order chi connectivity index (χ1) is 26.3. The number of hydrogen-bond acceptors (Lipinski definition) is 16. The van der Waals surface area contributed by atoms with Crippen molar-refractivity contribution in [2.75, 3.05) is 13.2 Å². The molecular weight excluding hydrogens is 732 g/mol. The van der Waals surface area contributed by atoms with Crippen molar-refractivity contribution in [2.24, 2.45) is 20.5 Å². The number of carbonyl (C=O) groups is 4. The molecule has 2 saturated heterocycles. The number of ether oxygens (including phenoxy) is 8. The Morgan fingerprint density at radius 1 is 0.818 bits per heavy atom. The van der Waals surface area contributed by atoms with E-state index in [1.165, 1.54) is 13.8 Å². The second-order valence-electron chi connectivity index (χ2n) is 12.3. The van der Waals surface area contributed by atoms with E-state index in [0.29, 0.717) is 0 Å². The highest BCUT2D eigenvalue weighted by Crippen LogP contribution is 2.34. The van der Waals surface area contributed by atoms with E-state index in [0.717, 1.165) is 20.8 Å². The van der Waals surface area contributed by atoms with E-state index in [-0.39, 0.29) is 24.9 Å². The Balaban J connectivity index is 2.08. The third kappa shape index (κ3) is 13.2. The van der Waals surface area contributed by atoms with Crippen LogP contribution in [0.1, 0.15) is 57.8 Å². The van der Waals surface area contributed by atoms with Crippen LogP contribution in [0.5, 0.6) is 0 Å². The average molecular weight is 773 g/mol. The summed E-state index contributed by atoms with van der Waals surface area (Å²) in [4.78, 5) is 60.6. The maximum Gasteiger partial charge on any atom is 0.338 e. The molecule has 3 rings (SSSR count). The van der Waals surface area contributed by atoms with E-state index in [1.54, 1.807) is 30.3 Å². The maximum absolute atomic E-state index is 13.1. The molecule has 24 nitrogen and oxygen atoms in total. The van der Waals surface area contributed by atoms with Gasteiger partial charge in [0.25, 0.3) is 0 Å². The van der Waals surface area contributed by atoms with Gasteiger partial charge in [-0.2, -0.15) is 0 Å². The van der Waals surface area contributed by atoms with Gasteiger partial charge in [0.1, 0.15) is 18.8 Å². The predicted molar refractivity (Wildman–Crippen MR) is 184 cm³/mol. The number of azide groups is 4. The summed E-state index contributed by atoms with van der Waals surface area (Å²) in [6, 6.07) is 4.49. The third-order valence-electron chi connectivity index (χ3n) is 8.11. The van der Waals surface area contributed by atoms with Crippen molar-refractivity contribution in [3.05, 3.63) is 77.7 Å². The lowest BCUT2D eigenvalue weighted by Crippen LogP contribution is -2.62. The minimum atomic E-state index is -1.70. The molecule has 0 aliphatic carbocycles. The van der Waals surface area contributed by atoms with Crippen LogP contribution >= 0.6 is 0 Å². The predicted octanol–water partition coefficient (Wildman–Crippen LogP) is 5.03. The molecule has 12 atom stereocenters. The van der Waals surface area contributed by atoms with Gasteiger partial charge in [-0.1, -0.05) is 45.6 Å². The van der Waals surface area contributed by atoms with Crippen LogP contribution in [0.2, 0.25) is 0 Å². The SMILES string of the molecule is CC(=O)OCC1O[C@H](O[C@H](C(CC(C)N=[N+]=[N-])N=[N+]=[N-])[C@@H](C)O[C@@H]2O[C@H](CN=[N+]=[N-])C[C@@H]2OC(=O)c2ccccc2)C(N=[N+]=[N-])[C@@H](OC(C)=O)[C@@H]1OC(C)=O. The fourth-order valence-electron chi connectivity index (χ4n) is 5.89. The van der Waals surface area contributed by atoms with Crippen LogP contribution < -0.4 is 0 Å². The molecule has 2 aliphatic heterocycles. The number of hydrogen-bond donors (Lipinski definition) is 0. The first-order valence-electron chi connectivity index (χ1n) is 16.8. The van der Waals surface area contributed by atoms with Gasteiger partial charge in [0.2, 0.25) is 0 Å². The summed E-state index contributed by atoms with van der Waals surface area (Å²) in [5.41, 5.74) is 37.4. The lowest BCUT2D eigenvalue weighted by Gasteiger charge is -2.45. The summed E-state index contributed by atoms with van der Waals surface area (Å²) < 4.78 is 46.5. The lowest BCUT2D eigenvalue weighted by atomic mass is 9.95. The molecule has 296 valence electrons. The Morgan fingerprint density at radius 3 is 2.09 bits per heavy atom. The molecule has 24 heteroatoms. The van der Waals surface area contributed by atoms with Crippen molar-refractivity contribution in [1.82, 2.24) is 0 Å². The second-order valence-corrected chi connectivity index (χ2v) is 12.3. The normalized spacial score (nSPS) is 26.4. The van der Waals surface area contributed by atoms with E-state index in [9.17, 15) is 30.2 Å². The Hall–Kier alpha value is -5.82. The minimum absolute atomic E-state index is 0.0539. The zero-order valence-corrected chi connectivity index (χ0v) is 30.4. The molecule has 4 unspecified atom stereocenters. The molecule has 2 fully saturated rings. The van der Waals surface area contributed by atoms with Gasteiger partial charge in [0.15, 0.2) is 30.9 Å². The summed E-state index contributed by atoms with van der Waals surface area (Å²) in [7, 11) is 0. The topological polar surface area (TPSA) is 337 Å². The molecule has 0 amide bonds. The summed E-state index contributed by atoms with van der Waals surface area (Å²) in [5, 5.41) is 14.8. The van der Waals surface area contributed by atoms with Gasteiger partial charge < -0.3 is 37.9 Å². The van der Waals surface area contributed by atoms with Crippen LogP contribution in [0.4, 0.5) is 0 Å². The monoisotopic (exact) mass is 772 g/mol. The number of rotatable bonds is 19. The van der Waals surface area contributed by atoms with Crippen molar-refractivity contribution in [3.63, 3.8) is 0 Å². The number of carbonyl (C=O) groups excluding carboxylic acids is 4. The molecule has 0 aromatic heterocycles. The molecule has 0 spiro atoms. The molecule has 0 N–H and O–H groups in total. The van der Waals surface area contributed by atoms with Crippen LogP contribution in [0.3, 0.4) is 0 Å². The smallest absolute Gasteiger partial charge is 0.338 e. The Labute approximate surface area is 313 Å². The fraction of sp³-hybridized carbons (Fsp3) is 0.677. The minimum Gasteiger partial charge on any atom is -0.463 e. The summed E-state index contributed by atoms with van der Waals surface area (Å²) in [6.45, 7) is 5.57. The highest BCUT2D eigenvalue weighted by atomic mass is 16.7. The largest absolute Gasteiger partial charge is 0.463 e. The maximum atomic E-state index is 13.1. The van der Waals surface area contributed by atoms with E-state index in [1.807, 2.05) is 0 Å². The highest BCUT2D eigenvalue weighted by molar-refractivity contribution is 5.89. The zero-order valence-electron chi connectivity index (χ0n) is 30.4. The van der Waals surface area contributed by atoms with Crippen molar-refractivity contribution < 1.29 is 57.1 Å². The first-order valence-corrected chi connectivity index (χ1v) is 16.8. The van der Waals surface area contributed by atoms with Gasteiger partial charge in [-0.15, -0.1) is 0 Å². The summed E-state index contributed by atoms with van der Waals surface area (Å²) >= 11 is 0. The van der Waals surface area contributed by atoms with Crippen LogP contribution in [-0.4, -0.2) is 110 Å². The van der Waals surface area contributed by atoms with E-state index in [4.69, 9.17) is 49.0 Å². The van der Waals surface area contributed by atoms with Gasteiger partial charge in [0.05, 0.1) is 36.5 Å². The Bertz CT molecular complexity index is 1700. The lowest BCUT2D eigenvalue weighted by molar-refractivity contribution is -0.300. The van der Waals surface area contributed by atoms with Crippen LogP contribution in [0.15, 0.2) is 50.8 Å². The van der Waals surface area contributed by atoms with Crippen molar-refractivity contribution >= 4 is 23.9 Å². The molecule has 0 saturated carbocycles. The second kappa shape index (κ2) is 21.8. The molecule has 1 aromatic carbocycles. The molecular formula is C31H40N12O12. The van der Waals surface area contributed by atoms with Crippen molar-refractivity contribution in [3.8, 4) is 0 Å². The molecule has 2 heterocycles. The first kappa shape index (κ1) is 43.6. The standard InChI is InChI=1S/C31H40N12O12/c1-15(37-41-33)11-22(38-42-34)26(16(2)49-30-23(12-21(52-30)13-36-40-32)53-29(47)20-9-7-6-8-10-20)55-31-25(39-43-35)28(51-19(5)46)27(50-18(4)45)24(54-31)14-48-17(3)44/h6-10,15-16,21-28,30-31H,11-14H2,1-5H3/t15?,16-,21+,22?,23+,24?,25?,26+,27-,28-,30-,31-/m1/s1. The Morgan fingerprint density at radius 2 is 1.49 bits per heavy atom. The highest BCUT2D eigenvalue weighted by Gasteiger charge is 2.52. The van der Waals surface area contributed by atoms with E-state index < -0.39 is 104 Å². The molecule has 1 aromatic rings. The van der Waals surface area contributed by atoms with Crippen LogP contribution in [0, 0.1) is 0 Å². The van der Waals surface area contributed by atoms with E-state index in [2.05, 4.69) is 40.1 Å². The van der Waals surface area contributed by atoms with Gasteiger partial charge in [-0.3, -0.25) is 14.4 Å². The summed E-state index contributed by atoms with van der Waals surface area (Å²) in [6.07, 6.45) is -11.9. The van der Waals surface area contributed by atoms with Gasteiger partial charge in [-0.25, -0.2) is 4.79 Å². The molecule has 2 aliphatic rings. The van der Waals surface area contributed by atoms with Gasteiger partial charge in [-0.05, 0) is 47.6 Å². The Kier molecular flexibility index (Phi) is 17.3. The summed E-state index contributed by atoms with van der Waals surface area (Å²) in [5.74, 6) is -3.16. The number of esters is 4. The van der Waals surface area contributed by atoms with Crippen LogP contribution in [-0.2, 0) is 52.3 Å². The van der Waals surface area contributed by atoms with Gasteiger partial charge in [0, 0.05) is 52.9 Å². The zero-order chi connectivity index (χ0) is 40.5.